The minimum absolute atomic E-state index is 0.149. The first-order valence-corrected chi connectivity index (χ1v) is 12.9. The molecule has 0 unspecified atom stereocenters. The number of carbonyl (C=O) groups is 1. The number of hydrogen-bond donors (Lipinski definition) is 0. The fraction of sp³-hybridized carbons (Fsp3) is 0.393. The van der Waals surface area contributed by atoms with Crippen molar-refractivity contribution in [3.05, 3.63) is 93.4 Å². The molecule has 0 spiro atoms. The lowest BCUT2D eigenvalue weighted by atomic mass is 9.87. The maximum absolute atomic E-state index is 13.3. The van der Waals surface area contributed by atoms with Gasteiger partial charge in [0.05, 0.1) is 0 Å². The zero-order valence-electron chi connectivity index (χ0n) is 19.1. The third-order valence-corrected chi connectivity index (χ3v) is 8.09. The van der Waals surface area contributed by atoms with Crippen LogP contribution in [0.15, 0.2) is 65.4 Å². The zero-order valence-corrected chi connectivity index (χ0v) is 19.9. The van der Waals surface area contributed by atoms with Gasteiger partial charge in [-0.1, -0.05) is 29.8 Å². The Bertz CT molecular complexity index is 1070. The Hall–Kier alpha value is -2.50. The molecule has 0 N–H and O–H groups in total. The van der Waals surface area contributed by atoms with Gasteiger partial charge in [0.25, 0.3) is 5.91 Å². The van der Waals surface area contributed by atoms with E-state index in [4.69, 9.17) is 0 Å². The van der Waals surface area contributed by atoms with Crippen LogP contribution in [0.1, 0.15) is 51.7 Å². The highest BCUT2D eigenvalue weighted by atomic mass is 32.1. The third kappa shape index (κ3) is 5.04. The quantitative estimate of drug-likeness (QED) is 0.469. The van der Waals surface area contributed by atoms with Crippen molar-refractivity contribution in [2.75, 3.05) is 32.7 Å². The number of likely N-dealkylation sites (tertiary alicyclic amines) is 2. The molecular formula is C28H31FN2OS. The normalized spacial score (nSPS) is 22.1. The highest BCUT2D eigenvalue weighted by Crippen LogP contribution is 2.36. The molecule has 2 atom stereocenters. The van der Waals surface area contributed by atoms with Gasteiger partial charge < -0.3 is 9.80 Å². The number of benzene rings is 2. The van der Waals surface area contributed by atoms with E-state index in [9.17, 15) is 9.18 Å². The molecule has 0 bridgehead atoms. The summed E-state index contributed by atoms with van der Waals surface area (Å²) in [6, 6.07) is 17.2. The lowest BCUT2D eigenvalue weighted by Gasteiger charge is -2.34. The molecule has 1 amide bonds. The molecule has 5 rings (SSSR count). The number of piperidine rings is 1. The number of aryl methyl sites for hydroxylation is 1. The summed E-state index contributed by atoms with van der Waals surface area (Å²) in [7, 11) is 0. The van der Waals surface area contributed by atoms with Crippen molar-refractivity contribution in [3.63, 3.8) is 0 Å². The second-order valence-electron chi connectivity index (χ2n) is 9.63. The van der Waals surface area contributed by atoms with Crippen LogP contribution in [0.3, 0.4) is 0 Å². The Labute approximate surface area is 199 Å². The molecule has 2 aromatic carbocycles. The third-order valence-electron chi connectivity index (χ3n) is 7.39. The fourth-order valence-corrected chi connectivity index (χ4v) is 6.29. The number of carbonyl (C=O) groups excluding carboxylic acids is 1. The molecule has 0 radical (unpaired) electrons. The second-order valence-corrected chi connectivity index (χ2v) is 10.4. The molecule has 33 heavy (non-hydrogen) atoms. The number of rotatable bonds is 5. The van der Waals surface area contributed by atoms with Crippen LogP contribution in [0.4, 0.5) is 4.39 Å². The summed E-state index contributed by atoms with van der Waals surface area (Å²) in [5, 5.41) is 4.39. The van der Waals surface area contributed by atoms with E-state index < -0.39 is 0 Å². The van der Waals surface area contributed by atoms with E-state index in [1.165, 1.54) is 11.1 Å². The summed E-state index contributed by atoms with van der Waals surface area (Å²) in [6.07, 6.45) is 2.21. The van der Waals surface area contributed by atoms with E-state index in [-0.39, 0.29) is 11.7 Å². The smallest absolute Gasteiger partial charge is 0.253 e. The molecule has 3 heterocycles. The van der Waals surface area contributed by atoms with Crippen LogP contribution in [0.25, 0.3) is 0 Å². The predicted molar refractivity (Wildman–Crippen MR) is 132 cm³/mol. The van der Waals surface area contributed by atoms with Crippen LogP contribution in [0.2, 0.25) is 0 Å². The SMILES string of the molecule is Cc1cccc(C(=O)N2C[C@@H](CN3CCC(c4ccc(F)cc4)CC3)[C@H](c3ccsc3)C2)c1. The van der Waals surface area contributed by atoms with Gasteiger partial charge >= 0.3 is 0 Å². The number of amides is 1. The maximum Gasteiger partial charge on any atom is 0.253 e. The maximum atomic E-state index is 13.3. The highest BCUT2D eigenvalue weighted by Gasteiger charge is 2.38. The number of thiophene rings is 1. The molecular weight excluding hydrogens is 431 g/mol. The van der Waals surface area contributed by atoms with Crippen molar-refractivity contribution in [1.82, 2.24) is 9.80 Å². The standard InChI is InChI=1S/C28H31FN2OS/c1-20-3-2-4-23(15-20)28(32)31-17-25(27(18-31)24-11-14-33-19-24)16-30-12-9-22(10-13-30)21-5-7-26(29)8-6-21/h2-8,11,14-15,19,22,25,27H,9-10,12-13,16-18H2,1H3/t25-,27+/m1/s1. The van der Waals surface area contributed by atoms with Crippen LogP contribution in [-0.2, 0) is 0 Å². The Morgan fingerprint density at radius 2 is 1.82 bits per heavy atom. The van der Waals surface area contributed by atoms with Crippen molar-refractivity contribution in [3.8, 4) is 0 Å². The molecule has 2 aliphatic rings. The predicted octanol–water partition coefficient (Wildman–Crippen LogP) is 5.93. The molecule has 0 aliphatic carbocycles. The Morgan fingerprint density at radius 3 is 2.52 bits per heavy atom. The van der Waals surface area contributed by atoms with E-state index in [1.807, 2.05) is 43.3 Å². The van der Waals surface area contributed by atoms with Crippen LogP contribution >= 0.6 is 11.3 Å². The first-order chi connectivity index (χ1) is 16.1. The van der Waals surface area contributed by atoms with Crippen molar-refractivity contribution in [1.29, 1.82) is 0 Å². The summed E-state index contributed by atoms with van der Waals surface area (Å²) >= 11 is 1.74. The second kappa shape index (κ2) is 9.78. The largest absolute Gasteiger partial charge is 0.338 e. The van der Waals surface area contributed by atoms with Gasteiger partial charge in [0.1, 0.15) is 5.82 Å². The van der Waals surface area contributed by atoms with Crippen molar-refractivity contribution < 1.29 is 9.18 Å². The van der Waals surface area contributed by atoms with Gasteiger partial charge in [-0.3, -0.25) is 4.79 Å². The van der Waals surface area contributed by atoms with Gasteiger partial charge in [0, 0.05) is 31.1 Å². The topological polar surface area (TPSA) is 23.6 Å². The number of nitrogens with zero attached hydrogens (tertiary/aromatic N) is 2. The Morgan fingerprint density at radius 1 is 1.03 bits per heavy atom. The summed E-state index contributed by atoms with van der Waals surface area (Å²) < 4.78 is 13.3. The van der Waals surface area contributed by atoms with E-state index in [0.717, 1.165) is 56.7 Å². The van der Waals surface area contributed by atoms with Crippen molar-refractivity contribution in [2.45, 2.75) is 31.6 Å². The monoisotopic (exact) mass is 462 g/mol. The van der Waals surface area contributed by atoms with Crippen molar-refractivity contribution >= 4 is 17.2 Å². The molecule has 2 fully saturated rings. The van der Waals surface area contributed by atoms with E-state index >= 15 is 0 Å². The molecule has 0 saturated carbocycles. The van der Waals surface area contributed by atoms with Gasteiger partial charge in [-0.15, -0.1) is 0 Å². The molecule has 1 aromatic heterocycles. The van der Waals surface area contributed by atoms with Gasteiger partial charge in [0.15, 0.2) is 0 Å². The highest BCUT2D eigenvalue weighted by molar-refractivity contribution is 7.08. The minimum Gasteiger partial charge on any atom is -0.338 e. The van der Waals surface area contributed by atoms with Crippen molar-refractivity contribution in [2.24, 2.45) is 5.92 Å². The number of hydrogen-bond acceptors (Lipinski definition) is 3. The van der Waals surface area contributed by atoms with Gasteiger partial charge in [0.2, 0.25) is 0 Å². The van der Waals surface area contributed by atoms with Crippen LogP contribution in [0, 0.1) is 18.7 Å². The van der Waals surface area contributed by atoms with Gasteiger partial charge in [-0.2, -0.15) is 11.3 Å². The molecule has 2 saturated heterocycles. The average Bonchev–Trinajstić information content (AvgIpc) is 3.50. The van der Waals surface area contributed by atoms with E-state index in [2.05, 4.69) is 26.6 Å². The average molecular weight is 463 g/mol. The molecule has 172 valence electrons. The summed E-state index contributed by atoms with van der Waals surface area (Å²) in [6.45, 7) is 6.77. The van der Waals surface area contributed by atoms with Gasteiger partial charge in [-0.25, -0.2) is 4.39 Å². The van der Waals surface area contributed by atoms with Crippen LogP contribution in [-0.4, -0.2) is 48.4 Å². The lowest BCUT2D eigenvalue weighted by Crippen LogP contribution is -2.38. The lowest BCUT2D eigenvalue weighted by molar-refractivity contribution is 0.0781. The molecule has 3 nitrogen and oxygen atoms in total. The first kappa shape index (κ1) is 22.3. The summed E-state index contributed by atoms with van der Waals surface area (Å²) in [5.74, 6) is 1.33. The summed E-state index contributed by atoms with van der Waals surface area (Å²) in [4.78, 5) is 17.9. The van der Waals surface area contributed by atoms with E-state index in [1.54, 1.807) is 23.5 Å². The van der Waals surface area contributed by atoms with E-state index in [0.29, 0.717) is 17.8 Å². The minimum atomic E-state index is -0.165. The Balaban J connectivity index is 1.25. The first-order valence-electron chi connectivity index (χ1n) is 11.9. The van der Waals surface area contributed by atoms with Crippen LogP contribution in [0.5, 0.6) is 0 Å². The Kier molecular flexibility index (Phi) is 6.61. The number of halogens is 1. The van der Waals surface area contributed by atoms with Crippen LogP contribution < -0.4 is 0 Å². The molecule has 3 aromatic rings. The molecule has 2 aliphatic heterocycles. The molecule has 5 heteroatoms. The summed E-state index contributed by atoms with van der Waals surface area (Å²) in [5.41, 5.74) is 4.53. The van der Waals surface area contributed by atoms with Gasteiger partial charge in [-0.05, 0) is 96.9 Å². The fourth-order valence-electron chi connectivity index (χ4n) is 5.56. The zero-order chi connectivity index (χ0) is 22.8.